The van der Waals surface area contributed by atoms with Crippen molar-refractivity contribution in [3.8, 4) is 16.9 Å². The van der Waals surface area contributed by atoms with Crippen LogP contribution < -0.4 is 11.1 Å². The average molecular weight is 776 g/mol. The third kappa shape index (κ3) is 6.90. The number of benzene rings is 3. The summed E-state index contributed by atoms with van der Waals surface area (Å²) in [5, 5.41) is 7.27. The number of nitrogens with two attached hydrogens (primary N) is 1. The van der Waals surface area contributed by atoms with Gasteiger partial charge in [-0.1, -0.05) is 38.1 Å². The Kier molecular flexibility index (Phi) is 10.0. The Bertz CT molecular complexity index is 2270. The van der Waals surface area contributed by atoms with Crippen LogP contribution in [0, 0.1) is 11.6 Å². The fourth-order valence-electron chi connectivity index (χ4n) is 6.95. The minimum Gasteiger partial charge on any atom is -0.365 e. The van der Waals surface area contributed by atoms with Crippen LogP contribution in [0.5, 0.6) is 0 Å². The highest BCUT2D eigenvalue weighted by Gasteiger charge is 2.45. The summed E-state index contributed by atoms with van der Waals surface area (Å²) in [4.78, 5) is 26.4. The fraction of sp³-hybridized carbons (Fsp3) is 0.289. The molecule has 6 rings (SSSR count). The molecule has 0 saturated heterocycles. The van der Waals surface area contributed by atoms with E-state index in [1.807, 2.05) is 32.0 Å². The molecular weight excluding hydrogens is 741 g/mol. The number of amides is 2. The number of aryl methyl sites for hydroxylation is 2. The number of fused-ring (bicyclic) bond motifs is 1. The number of halogens is 8. The molecule has 16 heteroatoms. The van der Waals surface area contributed by atoms with Crippen molar-refractivity contribution < 1.29 is 44.7 Å². The van der Waals surface area contributed by atoms with Gasteiger partial charge in [0, 0.05) is 30.3 Å². The highest BCUT2D eigenvalue weighted by atomic mass is 31.0. The summed E-state index contributed by atoms with van der Waals surface area (Å²) < 4.78 is 117. The third-order valence-corrected chi connectivity index (χ3v) is 10.9. The zero-order chi connectivity index (χ0) is 39.5. The van der Waals surface area contributed by atoms with Crippen LogP contribution in [0.4, 0.5) is 40.8 Å². The smallest absolute Gasteiger partial charge is 0.365 e. The van der Waals surface area contributed by atoms with Crippen LogP contribution in [0.2, 0.25) is 0 Å². The minimum absolute atomic E-state index is 0.0385. The predicted octanol–water partition coefficient (Wildman–Crippen LogP) is 9.61. The Morgan fingerprint density at radius 1 is 0.907 bits per heavy atom. The number of nitrogens with zero attached hydrogens (tertiary/aromatic N) is 3. The van der Waals surface area contributed by atoms with Crippen LogP contribution in [0.15, 0.2) is 60.4 Å². The molecule has 2 aromatic heterocycles. The second-order valence-electron chi connectivity index (χ2n) is 13.4. The van der Waals surface area contributed by atoms with Gasteiger partial charge in [-0.2, -0.15) is 31.4 Å². The number of rotatable bonds is 9. The SMILES string of the molecule is CCc1cccc(CC)c1-n1nc2c(c1-c1cc(F)c(NC(=O)c3cc[pH]c3C(N)=O)cc1F)CN(Cc1ccc(C(F)(F)F)cc1C(F)(F)F)C2(C)C. The lowest BCUT2D eigenvalue weighted by Crippen LogP contribution is -2.36. The first-order chi connectivity index (χ1) is 25.3. The molecule has 3 aromatic carbocycles. The van der Waals surface area contributed by atoms with Gasteiger partial charge in [0.05, 0.1) is 50.3 Å². The van der Waals surface area contributed by atoms with E-state index in [4.69, 9.17) is 10.8 Å². The highest BCUT2D eigenvalue weighted by Crippen LogP contribution is 2.47. The van der Waals surface area contributed by atoms with Crippen molar-refractivity contribution in [2.45, 2.75) is 71.5 Å². The molecule has 3 heterocycles. The van der Waals surface area contributed by atoms with Gasteiger partial charge in [-0.25, -0.2) is 13.5 Å². The van der Waals surface area contributed by atoms with Crippen LogP contribution >= 0.6 is 8.19 Å². The number of alkyl halides is 6. The number of carbonyl (C=O) groups is 2. The van der Waals surface area contributed by atoms with Gasteiger partial charge in [0.2, 0.25) is 0 Å². The van der Waals surface area contributed by atoms with Crippen molar-refractivity contribution in [3.63, 3.8) is 0 Å². The number of aromatic nitrogens is 2. The zero-order valence-corrected chi connectivity index (χ0v) is 30.4. The molecule has 0 aliphatic carbocycles. The largest absolute Gasteiger partial charge is 0.416 e. The van der Waals surface area contributed by atoms with Gasteiger partial charge in [0.25, 0.3) is 11.8 Å². The molecule has 0 saturated carbocycles. The van der Waals surface area contributed by atoms with Crippen molar-refractivity contribution in [3.05, 3.63) is 122 Å². The van der Waals surface area contributed by atoms with Crippen molar-refractivity contribution in [2.75, 3.05) is 5.32 Å². The van der Waals surface area contributed by atoms with Crippen molar-refractivity contribution in [1.29, 1.82) is 0 Å². The molecule has 1 aliphatic heterocycles. The lowest BCUT2D eigenvalue weighted by molar-refractivity contribution is -0.143. The molecular formula is C38H34F8N5O2P. The van der Waals surface area contributed by atoms with E-state index < -0.39 is 70.3 Å². The van der Waals surface area contributed by atoms with Crippen LogP contribution in [-0.2, 0) is 43.8 Å². The molecule has 1 aliphatic rings. The van der Waals surface area contributed by atoms with E-state index in [1.165, 1.54) is 10.7 Å². The van der Waals surface area contributed by atoms with E-state index in [0.717, 1.165) is 29.3 Å². The summed E-state index contributed by atoms with van der Waals surface area (Å²) in [6, 6.07) is 10.1. The predicted molar refractivity (Wildman–Crippen MR) is 189 cm³/mol. The second-order valence-corrected chi connectivity index (χ2v) is 14.5. The van der Waals surface area contributed by atoms with E-state index in [-0.39, 0.29) is 42.9 Å². The Morgan fingerprint density at radius 2 is 1.57 bits per heavy atom. The summed E-state index contributed by atoms with van der Waals surface area (Å²) >= 11 is 0. The molecule has 0 bridgehead atoms. The van der Waals surface area contributed by atoms with Gasteiger partial charge in [0.1, 0.15) is 11.6 Å². The third-order valence-electron chi connectivity index (χ3n) is 9.78. The number of primary amides is 1. The quantitative estimate of drug-likeness (QED) is 0.146. The van der Waals surface area contributed by atoms with Crippen LogP contribution in [0.25, 0.3) is 16.9 Å². The average Bonchev–Trinajstić information content (AvgIpc) is 3.80. The standard InChI is InChI=1S/C38H34F8N5O2P/c1-5-19-8-7-9-20(6-2)30(19)51-31(24-15-28(40)29(16-27(24)39)48-35(53)23-12-13-54-32(23)34(47)52)25-18-50(36(3,4)33(25)49-51)17-21-10-11-22(37(41,42)43)14-26(21)38(44,45)46/h7-16,54H,5-6,17-18H2,1-4H3,(H2,47,52)(H,48,53). The minimum atomic E-state index is -5.10. The summed E-state index contributed by atoms with van der Waals surface area (Å²) in [6.07, 6.45) is -9.02. The molecule has 54 heavy (non-hydrogen) atoms. The van der Waals surface area contributed by atoms with Crippen molar-refractivity contribution in [2.24, 2.45) is 5.73 Å². The highest BCUT2D eigenvalue weighted by molar-refractivity contribution is 7.32. The Labute approximate surface area is 306 Å². The van der Waals surface area contributed by atoms with Gasteiger partial charge < -0.3 is 11.1 Å². The number of anilines is 1. The molecule has 284 valence electrons. The maximum absolute atomic E-state index is 16.4. The van der Waals surface area contributed by atoms with Gasteiger partial charge in [-0.3, -0.25) is 14.5 Å². The van der Waals surface area contributed by atoms with E-state index in [9.17, 15) is 35.9 Å². The number of carbonyl (C=O) groups excluding carboxylic acids is 2. The molecule has 5 aromatic rings. The monoisotopic (exact) mass is 775 g/mol. The number of hydrogen-bond acceptors (Lipinski definition) is 4. The Morgan fingerprint density at radius 3 is 2.17 bits per heavy atom. The zero-order valence-electron chi connectivity index (χ0n) is 29.4. The number of nitrogens with one attached hydrogen (secondary N) is 1. The topological polar surface area (TPSA) is 93.2 Å². The van der Waals surface area contributed by atoms with E-state index in [2.05, 4.69) is 5.32 Å². The van der Waals surface area contributed by atoms with Crippen molar-refractivity contribution >= 4 is 25.7 Å². The lowest BCUT2D eigenvalue weighted by atomic mass is 9.97. The molecule has 1 atom stereocenters. The summed E-state index contributed by atoms with van der Waals surface area (Å²) in [7, 11) is -0.165. The van der Waals surface area contributed by atoms with Gasteiger partial charge >= 0.3 is 12.4 Å². The maximum Gasteiger partial charge on any atom is 0.416 e. The summed E-state index contributed by atoms with van der Waals surface area (Å²) in [5.41, 5.74) is 3.22. The lowest BCUT2D eigenvalue weighted by Gasteiger charge is -2.33. The Balaban J connectivity index is 1.49. The normalized spacial score (nSPS) is 14.5. The van der Waals surface area contributed by atoms with Gasteiger partial charge in [0.15, 0.2) is 0 Å². The molecule has 3 N–H and O–H groups in total. The molecule has 0 radical (unpaired) electrons. The molecule has 0 fully saturated rings. The second kappa shape index (κ2) is 14.0. The van der Waals surface area contributed by atoms with E-state index in [1.54, 1.807) is 24.5 Å². The maximum atomic E-state index is 16.4. The Hall–Kier alpha value is -5.01. The molecule has 1 unspecified atom stereocenters. The molecule has 0 spiro atoms. The van der Waals surface area contributed by atoms with Crippen LogP contribution in [0.1, 0.15) is 87.2 Å². The van der Waals surface area contributed by atoms with E-state index in [0.29, 0.717) is 35.9 Å². The first kappa shape index (κ1) is 38.7. The number of hydrogen-bond donors (Lipinski definition) is 2. The molecule has 7 nitrogen and oxygen atoms in total. The van der Waals surface area contributed by atoms with Crippen molar-refractivity contribution in [1.82, 2.24) is 14.7 Å². The van der Waals surface area contributed by atoms with Crippen LogP contribution in [0.3, 0.4) is 0 Å². The molecule has 2 amide bonds. The van der Waals surface area contributed by atoms with Gasteiger partial charge in [-0.15, -0.1) is 8.19 Å². The first-order valence-electron chi connectivity index (χ1n) is 16.8. The number of para-hydroxylation sites is 1. The van der Waals surface area contributed by atoms with E-state index >= 15 is 8.78 Å². The van der Waals surface area contributed by atoms with Gasteiger partial charge in [-0.05, 0) is 73.4 Å². The summed E-state index contributed by atoms with van der Waals surface area (Å²) in [6.45, 7) is 6.64. The summed E-state index contributed by atoms with van der Waals surface area (Å²) in [5.74, 6) is -2.13. The van der Waals surface area contributed by atoms with Crippen LogP contribution in [-0.4, -0.2) is 26.5 Å². The first-order valence-corrected chi connectivity index (χ1v) is 17.9. The fourth-order valence-corrected chi connectivity index (χ4v) is 7.86.